The van der Waals surface area contributed by atoms with E-state index in [1.165, 1.54) is 22.3 Å². The molecule has 9 aromatic carbocycles. The van der Waals surface area contributed by atoms with Crippen molar-refractivity contribution in [1.29, 1.82) is 0 Å². The maximum atomic E-state index is 6.76. The van der Waals surface area contributed by atoms with E-state index >= 15 is 0 Å². The first-order valence-corrected chi connectivity index (χ1v) is 19.9. The van der Waals surface area contributed by atoms with Crippen molar-refractivity contribution in [1.82, 2.24) is 0 Å². The molecule has 11 rings (SSSR count). The second kappa shape index (κ2) is 13.1. The van der Waals surface area contributed by atoms with Gasteiger partial charge in [0.15, 0.2) is 11.2 Å². The van der Waals surface area contributed by atoms with Crippen molar-refractivity contribution < 1.29 is 8.83 Å². The van der Waals surface area contributed by atoms with Crippen molar-refractivity contribution in [3.8, 4) is 0 Å². The standard InChI is InChI=1S/C54H40N2O2/c1-33-11-9-15-41(25-33)55(49-17-7-5-13-35(49)3)43-21-19-37-29-47-45-23-24-46-48-30-38-20-22-44(56(42-16-10-12-34(2)26-42)50-18-8-6-14-36(50)4)28-40(38)32-52(48)58-54(46)53(45)57-51(47)31-39(37)27-43/h5-32H,1-4H3. The maximum absolute atomic E-state index is 6.76. The maximum Gasteiger partial charge on any atom is 0.178 e. The Morgan fingerprint density at radius 1 is 0.328 bits per heavy atom. The summed E-state index contributed by atoms with van der Waals surface area (Å²) in [4.78, 5) is 4.69. The number of hydrogen-bond donors (Lipinski definition) is 0. The predicted octanol–water partition coefficient (Wildman–Crippen LogP) is 16.0. The van der Waals surface area contributed by atoms with Crippen LogP contribution in [0.1, 0.15) is 22.3 Å². The molecule has 0 aliphatic carbocycles. The van der Waals surface area contributed by atoms with Gasteiger partial charge in [0.2, 0.25) is 0 Å². The first kappa shape index (κ1) is 34.0. The lowest BCUT2D eigenvalue weighted by molar-refractivity contribution is 0.634. The van der Waals surface area contributed by atoms with E-state index in [4.69, 9.17) is 8.83 Å². The van der Waals surface area contributed by atoms with Crippen molar-refractivity contribution in [2.75, 3.05) is 9.80 Å². The highest BCUT2D eigenvalue weighted by molar-refractivity contribution is 6.21. The van der Waals surface area contributed by atoms with Crippen LogP contribution < -0.4 is 9.80 Å². The number of fused-ring (bicyclic) bond motifs is 9. The topological polar surface area (TPSA) is 32.8 Å². The van der Waals surface area contributed by atoms with Crippen LogP contribution in [0.4, 0.5) is 34.1 Å². The first-order chi connectivity index (χ1) is 28.4. The molecule has 4 heteroatoms. The van der Waals surface area contributed by atoms with Crippen LogP contribution in [0.3, 0.4) is 0 Å². The SMILES string of the molecule is Cc1cccc(N(c2ccc3cc4c(cc3c2)oc2c4ccc3c4cc5ccc(N(c6cccc(C)c6)c6ccccc6C)cc5cc4oc32)c2ccccc2C)c1. The lowest BCUT2D eigenvalue weighted by Gasteiger charge is -2.27. The molecule has 0 saturated heterocycles. The normalized spacial score (nSPS) is 11.8. The molecule has 2 heterocycles. The van der Waals surface area contributed by atoms with Gasteiger partial charge in [-0.15, -0.1) is 0 Å². The molecular weight excluding hydrogens is 709 g/mol. The number of para-hydroxylation sites is 2. The van der Waals surface area contributed by atoms with Crippen molar-refractivity contribution in [2.24, 2.45) is 0 Å². The van der Waals surface area contributed by atoms with Crippen molar-refractivity contribution >= 4 is 99.5 Å². The van der Waals surface area contributed by atoms with Crippen LogP contribution in [0.15, 0.2) is 179 Å². The average Bonchev–Trinajstić information content (AvgIpc) is 3.78. The van der Waals surface area contributed by atoms with E-state index in [1.54, 1.807) is 0 Å². The third kappa shape index (κ3) is 5.52. The van der Waals surface area contributed by atoms with E-state index in [0.717, 1.165) is 99.5 Å². The van der Waals surface area contributed by atoms with Crippen LogP contribution in [-0.4, -0.2) is 0 Å². The second-order valence-electron chi connectivity index (χ2n) is 15.7. The number of rotatable bonds is 6. The summed E-state index contributed by atoms with van der Waals surface area (Å²) < 4.78 is 13.5. The number of benzene rings is 9. The van der Waals surface area contributed by atoms with E-state index in [-0.39, 0.29) is 0 Å². The smallest absolute Gasteiger partial charge is 0.178 e. The lowest BCUT2D eigenvalue weighted by atomic mass is 10.0. The molecular formula is C54H40N2O2. The number of hydrogen-bond acceptors (Lipinski definition) is 4. The summed E-state index contributed by atoms with van der Waals surface area (Å²) in [6, 6.07) is 61.2. The molecule has 58 heavy (non-hydrogen) atoms. The van der Waals surface area contributed by atoms with Crippen molar-refractivity contribution in [3.05, 3.63) is 192 Å². The van der Waals surface area contributed by atoms with Gasteiger partial charge in [-0.3, -0.25) is 0 Å². The van der Waals surface area contributed by atoms with Gasteiger partial charge in [0.05, 0.1) is 0 Å². The van der Waals surface area contributed by atoms with Gasteiger partial charge < -0.3 is 18.6 Å². The first-order valence-electron chi connectivity index (χ1n) is 19.9. The van der Waals surface area contributed by atoms with Crippen LogP contribution in [-0.2, 0) is 0 Å². The Hall–Kier alpha value is -7.30. The van der Waals surface area contributed by atoms with Gasteiger partial charge in [-0.05, 0) is 169 Å². The Bertz CT molecular complexity index is 3200. The Morgan fingerprint density at radius 2 is 0.759 bits per heavy atom. The molecule has 0 bridgehead atoms. The van der Waals surface area contributed by atoms with Crippen molar-refractivity contribution in [2.45, 2.75) is 27.7 Å². The molecule has 0 spiro atoms. The highest BCUT2D eigenvalue weighted by Crippen LogP contribution is 2.44. The Balaban J connectivity index is 1.04. The molecule has 0 atom stereocenters. The van der Waals surface area contributed by atoms with E-state index in [9.17, 15) is 0 Å². The molecule has 0 aliphatic rings. The van der Waals surface area contributed by atoms with Gasteiger partial charge in [0.1, 0.15) is 11.2 Å². The largest absolute Gasteiger partial charge is 0.452 e. The quantitative estimate of drug-likeness (QED) is 0.170. The lowest BCUT2D eigenvalue weighted by Crippen LogP contribution is -2.11. The van der Waals surface area contributed by atoms with Gasteiger partial charge in [-0.2, -0.15) is 0 Å². The summed E-state index contributed by atoms with van der Waals surface area (Å²) >= 11 is 0. The third-order valence-corrected chi connectivity index (χ3v) is 11.7. The van der Waals surface area contributed by atoms with Gasteiger partial charge in [0.25, 0.3) is 0 Å². The summed E-state index contributed by atoms with van der Waals surface area (Å²) in [5.74, 6) is 0. The number of anilines is 6. The Kier molecular flexibility index (Phi) is 7.70. The zero-order chi connectivity index (χ0) is 39.1. The average molecular weight is 749 g/mol. The number of aryl methyl sites for hydroxylation is 4. The van der Waals surface area contributed by atoms with Gasteiger partial charge >= 0.3 is 0 Å². The van der Waals surface area contributed by atoms with E-state index in [1.807, 2.05) is 0 Å². The highest BCUT2D eigenvalue weighted by atomic mass is 16.4. The molecule has 0 saturated carbocycles. The molecule has 0 aliphatic heterocycles. The van der Waals surface area contributed by atoms with Crippen LogP contribution in [0, 0.1) is 27.7 Å². The van der Waals surface area contributed by atoms with Gasteiger partial charge in [-0.1, -0.05) is 72.8 Å². The van der Waals surface area contributed by atoms with E-state index in [2.05, 4.69) is 207 Å². The minimum absolute atomic E-state index is 0.774. The van der Waals surface area contributed by atoms with Gasteiger partial charge in [-0.25, -0.2) is 0 Å². The molecule has 278 valence electrons. The van der Waals surface area contributed by atoms with Crippen LogP contribution in [0.2, 0.25) is 0 Å². The number of nitrogens with zero attached hydrogens (tertiary/aromatic N) is 2. The summed E-state index contributed by atoms with van der Waals surface area (Å²) in [5.41, 5.74) is 14.9. The van der Waals surface area contributed by atoms with Crippen LogP contribution in [0.25, 0.3) is 65.4 Å². The van der Waals surface area contributed by atoms with Crippen molar-refractivity contribution in [3.63, 3.8) is 0 Å². The summed E-state index contributed by atoms with van der Waals surface area (Å²) in [6.45, 7) is 8.62. The third-order valence-electron chi connectivity index (χ3n) is 11.7. The fraction of sp³-hybridized carbons (Fsp3) is 0.0741. The zero-order valence-electron chi connectivity index (χ0n) is 32.9. The minimum Gasteiger partial charge on any atom is -0.452 e. The van der Waals surface area contributed by atoms with Crippen LogP contribution >= 0.6 is 0 Å². The highest BCUT2D eigenvalue weighted by Gasteiger charge is 2.20. The fourth-order valence-electron chi connectivity index (χ4n) is 8.82. The molecule has 0 unspecified atom stereocenters. The van der Waals surface area contributed by atoms with E-state index < -0.39 is 0 Å². The number of furan rings is 2. The predicted molar refractivity (Wildman–Crippen MR) is 244 cm³/mol. The monoisotopic (exact) mass is 748 g/mol. The zero-order valence-corrected chi connectivity index (χ0v) is 32.9. The molecule has 0 amide bonds. The summed E-state index contributed by atoms with van der Waals surface area (Å²) in [6.07, 6.45) is 0. The molecule has 4 nitrogen and oxygen atoms in total. The summed E-state index contributed by atoms with van der Waals surface area (Å²) in [5, 5.41) is 8.80. The van der Waals surface area contributed by atoms with Crippen LogP contribution in [0.5, 0.6) is 0 Å². The Labute approximate surface area is 336 Å². The molecule has 2 aromatic heterocycles. The molecule has 0 N–H and O–H groups in total. The summed E-state index contributed by atoms with van der Waals surface area (Å²) in [7, 11) is 0. The Morgan fingerprint density at radius 3 is 1.19 bits per heavy atom. The molecule has 11 aromatic rings. The fourth-order valence-corrected chi connectivity index (χ4v) is 8.82. The van der Waals surface area contributed by atoms with Gasteiger partial charge in [0, 0.05) is 55.7 Å². The molecule has 0 radical (unpaired) electrons. The second-order valence-corrected chi connectivity index (χ2v) is 15.7. The molecule has 0 fully saturated rings. The van der Waals surface area contributed by atoms with E-state index in [0.29, 0.717) is 0 Å². The minimum atomic E-state index is 0.774.